The van der Waals surface area contributed by atoms with Gasteiger partial charge in [-0.25, -0.2) is 4.39 Å². The van der Waals surface area contributed by atoms with Gasteiger partial charge in [0, 0.05) is 5.56 Å². The third-order valence-electron chi connectivity index (χ3n) is 1.84. The number of hydrogen-bond donors (Lipinski definition) is 1. The van der Waals surface area contributed by atoms with E-state index in [1.165, 1.54) is 19.9 Å². The Hall–Kier alpha value is -1.42. The van der Waals surface area contributed by atoms with Crippen molar-refractivity contribution < 1.29 is 13.9 Å². The van der Waals surface area contributed by atoms with Crippen LogP contribution in [0.25, 0.3) is 0 Å². The SMILES string of the molecule is CC(C)(N)C(=O)OCc1ccccc1F. The first kappa shape index (κ1) is 11.7. The van der Waals surface area contributed by atoms with E-state index in [1.54, 1.807) is 18.2 Å². The van der Waals surface area contributed by atoms with E-state index in [0.717, 1.165) is 0 Å². The molecule has 1 aromatic rings. The molecule has 0 aliphatic rings. The van der Waals surface area contributed by atoms with Gasteiger partial charge in [-0.3, -0.25) is 4.79 Å². The number of rotatable bonds is 3. The summed E-state index contributed by atoms with van der Waals surface area (Å²) in [7, 11) is 0. The Bertz CT molecular complexity index is 358. The van der Waals surface area contributed by atoms with Gasteiger partial charge in [0.1, 0.15) is 18.0 Å². The summed E-state index contributed by atoms with van der Waals surface area (Å²) in [5, 5.41) is 0. The maximum atomic E-state index is 13.1. The van der Waals surface area contributed by atoms with Crippen LogP contribution in [0.3, 0.4) is 0 Å². The molecule has 0 aliphatic carbocycles. The van der Waals surface area contributed by atoms with Gasteiger partial charge in [0.05, 0.1) is 0 Å². The molecular weight excluding hydrogens is 197 g/mol. The smallest absolute Gasteiger partial charge is 0.325 e. The lowest BCUT2D eigenvalue weighted by Crippen LogP contribution is -2.42. The molecule has 0 aromatic heterocycles. The Morgan fingerprint density at radius 2 is 2.07 bits per heavy atom. The van der Waals surface area contributed by atoms with Crippen LogP contribution < -0.4 is 5.73 Å². The number of esters is 1. The molecular formula is C11H14FNO2. The molecule has 0 spiro atoms. The minimum Gasteiger partial charge on any atom is -0.459 e. The van der Waals surface area contributed by atoms with Gasteiger partial charge in [-0.05, 0) is 19.9 Å². The van der Waals surface area contributed by atoms with E-state index in [0.29, 0.717) is 5.56 Å². The van der Waals surface area contributed by atoms with Crippen LogP contribution >= 0.6 is 0 Å². The summed E-state index contributed by atoms with van der Waals surface area (Å²) < 4.78 is 18.0. The van der Waals surface area contributed by atoms with E-state index in [9.17, 15) is 9.18 Å². The van der Waals surface area contributed by atoms with E-state index in [2.05, 4.69) is 0 Å². The lowest BCUT2D eigenvalue weighted by Gasteiger charge is -2.16. The second-order valence-electron chi connectivity index (χ2n) is 3.89. The molecule has 82 valence electrons. The molecule has 0 radical (unpaired) electrons. The monoisotopic (exact) mass is 211 g/mol. The van der Waals surface area contributed by atoms with Crippen molar-refractivity contribution in [2.45, 2.75) is 26.0 Å². The number of carbonyl (C=O) groups excluding carboxylic acids is 1. The van der Waals surface area contributed by atoms with Gasteiger partial charge >= 0.3 is 5.97 Å². The van der Waals surface area contributed by atoms with Gasteiger partial charge in [0.25, 0.3) is 0 Å². The van der Waals surface area contributed by atoms with Crippen molar-refractivity contribution in [2.75, 3.05) is 0 Å². The minimum absolute atomic E-state index is 0.0911. The van der Waals surface area contributed by atoms with E-state index in [4.69, 9.17) is 10.5 Å². The molecule has 3 nitrogen and oxygen atoms in total. The summed E-state index contributed by atoms with van der Waals surface area (Å²) in [6, 6.07) is 6.14. The molecule has 0 atom stereocenters. The third kappa shape index (κ3) is 3.32. The van der Waals surface area contributed by atoms with Gasteiger partial charge in [0.2, 0.25) is 0 Å². The van der Waals surface area contributed by atoms with Crippen LogP contribution in [0, 0.1) is 5.82 Å². The summed E-state index contributed by atoms with van der Waals surface area (Å²) in [4.78, 5) is 11.3. The number of nitrogens with two attached hydrogens (primary N) is 1. The lowest BCUT2D eigenvalue weighted by molar-refractivity contribution is -0.150. The van der Waals surface area contributed by atoms with Crippen LogP contribution in [-0.4, -0.2) is 11.5 Å². The molecule has 0 fully saturated rings. The molecule has 0 bridgehead atoms. The van der Waals surface area contributed by atoms with Gasteiger partial charge in [0.15, 0.2) is 0 Å². The molecule has 1 rings (SSSR count). The number of hydrogen-bond acceptors (Lipinski definition) is 3. The Balaban J connectivity index is 2.59. The highest BCUT2D eigenvalue weighted by molar-refractivity contribution is 5.79. The molecule has 2 N–H and O–H groups in total. The number of carbonyl (C=O) groups is 1. The van der Waals surface area contributed by atoms with Crippen molar-refractivity contribution in [2.24, 2.45) is 5.73 Å². The Labute approximate surface area is 88.0 Å². The summed E-state index contributed by atoms with van der Waals surface area (Å²) in [5.74, 6) is -0.939. The van der Waals surface area contributed by atoms with Gasteiger partial charge < -0.3 is 10.5 Å². The molecule has 15 heavy (non-hydrogen) atoms. The van der Waals surface area contributed by atoms with Crippen molar-refractivity contribution in [1.82, 2.24) is 0 Å². The number of halogens is 1. The summed E-state index contributed by atoms with van der Waals surface area (Å²) in [6.45, 7) is 2.99. The van der Waals surface area contributed by atoms with Crippen LogP contribution in [-0.2, 0) is 16.1 Å². The average Bonchev–Trinajstić information content (AvgIpc) is 2.14. The Morgan fingerprint density at radius 1 is 1.47 bits per heavy atom. The van der Waals surface area contributed by atoms with Crippen LogP contribution in [0.15, 0.2) is 24.3 Å². The molecule has 0 heterocycles. The second-order valence-corrected chi connectivity index (χ2v) is 3.89. The van der Waals surface area contributed by atoms with Crippen LogP contribution in [0.4, 0.5) is 4.39 Å². The normalized spacial score (nSPS) is 11.2. The van der Waals surface area contributed by atoms with Crippen molar-refractivity contribution in [1.29, 1.82) is 0 Å². The summed E-state index contributed by atoms with van der Waals surface area (Å²) in [5.41, 5.74) is 4.81. The maximum absolute atomic E-state index is 13.1. The molecule has 0 saturated carbocycles. The lowest BCUT2D eigenvalue weighted by atomic mass is 10.1. The highest BCUT2D eigenvalue weighted by Crippen LogP contribution is 2.09. The van der Waals surface area contributed by atoms with Crippen molar-refractivity contribution in [3.8, 4) is 0 Å². The molecule has 0 unspecified atom stereocenters. The standard InChI is InChI=1S/C11H14FNO2/c1-11(2,13)10(14)15-7-8-5-3-4-6-9(8)12/h3-6H,7,13H2,1-2H3. The zero-order chi connectivity index (χ0) is 11.5. The zero-order valence-electron chi connectivity index (χ0n) is 8.79. The highest BCUT2D eigenvalue weighted by Gasteiger charge is 2.23. The Morgan fingerprint density at radius 3 is 2.60 bits per heavy atom. The van der Waals surface area contributed by atoms with Crippen LogP contribution in [0.2, 0.25) is 0 Å². The first-order chi connectivity index (χ1) is 6.91. The largest absolute Gasteiger partial charge is 0.459 e. The van der Waals surface area contributed by atoms with Gasteiger partial charge in [-0.2, -0.15) is 0 Å². The molecule has 4 heteroatoms. The fourth-order valence-electron chi connectivity index (χ4n) is 0.945. The van der Waals surface area contributed by atoms with Gasteiger partial charge in [-0.15, -0.1) is 0 Å². The average molecular weight is 211 g/mol. The summed E-state index contributed by atoms with van der Waals surface area (Å²) >= 11 is 0. The predicted molar refractivity (Wildman–Crippen MR) is 54.5 cm³/mol. The first-order valence-electron chi connectivity index (χ1n) is 4.61. The fraction of sp³-hybridized carbons (Fsp3) is 0.364. The van der Waals surface area contributed by atoms with Crippen molar-refractivity contribution >= 4 is 5.97 Å². The van der Waals surface area contributed by atoms with Crippen molar-refractivity contribution in [3.05, 3.63) is 35.6 Å². The van der Waals surface area contributed by atoms with Crippen LogP contribution in [0.5, 0.6) is 0 Å². The Kier molecular flexibility index (Phi) is 3.42. The zero-order valence-corrected chi connectivity index (χ0v) is 8.79. The van der Waals surface area contributed by atoms with E-state index in [-0.39, 0.29) is 12.4 Å². The maximum Gasteiger partial charge on any atom is 0.325 e. The fourth-order valence-corrected chi connectivity index (χ4v) is 0.945. The second kappa shape index (κ2) is 4.40. The number of ether oxygens (including phenoxy) is 1. The molecule has 0 saturated heterocycles. The molecule has 0 amide bonds. The topological polar surface area (TPSA) is 52.3 Å². The number of benzene rings is 1. The van der Waals surface area contributed by atoms with Crippen LogP contribution in [0.1, 0.15) is 19.4 Å². The highest BCUT2D eigenvalue weighted by atomic mass is 19.1. The van der Waals surface area contributed by atoms with E-state index in [1.807, 2.05) is 0 Å². The first-order valence-corrected chi connectivity index (χ1v) is 4.61. The quantitative estimate of drug-likeness (QED) is 0.773. The van der Waals surface area contributed by atoms with E-state index < -0.39 is 11.5 Å². The minimum atomic E-state index is -1.05. The predicted octanol–water partition coefficient (Wildman–Crippen LogP) is 1.61. The summed E-state index contributed by atoms with van der Waals surface area (Å²) in [6.07, 6.45) is 0. The molecule has 1 aromatic carbocycles. The van der Waals surface area contributed by atoms with Crippen molar-refractivity contribution in [3.63, 3.8) is 0 Å². The third-order valence-corrected chi connectivity index (χ3v) is 1.84. The van der Waals surface area contributed by atoms with E-state index >= 15 is 0 Å². The van der Waals surface area contributed by atoms with Gasteiger partial charge in [-0.1, -0.05) is 18.2 Å². The molecule has 0 aliphatic heterocycles.